The van der Waals surface area contributed by atoms with Crippen LogP contribution in [0.2, 0.25) is 0 Å². The summed E-state index contributed by atoms with van der Waals surface area (Å²) in [5, 5.41) is 4.00. The fourth-order valence-corrected chi connectivity index (χ4v) is 4.52. The van der Waals surface area contributed by atoms with Crippen LogP contribution in [0.4, 0.5) is 0 Å². The lowest BCUT2D eigenvalue weighted by Gasteiger charge is -2.35. The third kappa shape index (κ3) is 3.29. The van der Waals surface area contributed by atoms with Crippen molar-refractivity contribution in [2.75, 3.05) is 0 Å². The van der Waals surface area contributed by atoms with E-state index in [1.165, 1.54) is 70.6 Å². The summed E-state index contributed by atoms with van der Waals surface area (Å²) in [5.74, 6) is 3.18. The fraction of sp³-hybridized carbons (Fsp3) is 1.00. The third-order valence-corrected chi connectivity index (χ3v) is 5.86. The van der Waals surface area contributed by atoms with Crippen LogP contribution in [-0.2, 0) is 0 Å². The van der Waals surface area contributed by atoms with Gasteiger partial charge in [-0.25, -0.2) is 0 Å². The minimum atomic E-state index is 0.772. The molecule has 3 saturated carbocycles. The lowest BCUT2D eigenvalue weighted by molar-refractivity contribution is 0.209. The van der Waals surface area contributed by atoms with Gasteiger partial charge in [-0.3, -0.25) is 0 Å². The van der Waals surface area contributed by atoms with Gasteiger partial charge < -0.3 is 5.32 Å². The van der Waals surface area contributed by atoms with E-state index < -0.39 is 0 Å². The lowest BCUT2D eigenvalue weighted by Crippen LogP contribution is -2.44. The SMILES string of the molecule is C[C@@H](NC1CCCC(C2CC2)C1)C1CCCCC1. The topological polar surface area (TPSA) is 12.0 Å². The quantitative estimate of drug-likeness (QED) is 0.773. The van der Waals surface area contributed by atoms with E-state index in [9.17, 15) is 0 Å². The van der Waals surface area contributed by atoms with Crippen LogP contribution in [0.5, 0.6) is 0 Å². The highest BCUT2D eigenvalue weighted by molar-refractivity contribution is 4.89. The molecule has 3 rings (SSSR count). The summed E-state index contributed by atoms with van der Waals surface area (Å²) in [4.78, 5) is 0. The van der Waals surface area contributed by atoms with Crippen LogP contribution >= 0.6 is 0 Å². The van der Waals surface area contributed by atoms with E-state index in [0.29, 0.717) is 0 Å². The Morgan fingerprint density at radius 2 is 1.56 bits per heavy atom. The van der Waals surface area contributed by atoms with E-state index in [1.807, 2.05) is 0 Å². The molecule has 0 heterocycles. The second kappa shape index (κ2) is 5.94. The summed E-state index contributed by atoms with van der Waals surface area (Å²) >= 11 is 0. The van der Waals surface area contributed by atoms with Crippen molar-refractivity contribution in [3.8, 4) is 0 Å². The van der Waals surface area contributed by atoms with Crippen molar-refractivity contribution in [2.24, 2.45) is 17.8 Å². The number of nitrogens with one attached hydrogen (secondary N) is 1. The molecule has 18 heavy (non-hydrogen) atoms. The summed E-state index contributed by atoms with van der Waals surface area (Å²) in [5.41, 5.74) is 0. The smallest absolute Gasteiger partial charge is 0.00723 e. The molecule has 0 bridgehead atoms. The minimum Gasteiger partial charge on any atom is -0.311 e. The first-order valence-corrected chi connectivity index (χ1v) is 8.59. The highest BCUT2D eigenvalue weighted by atomic mass is 15.0. The highest BCUT2D eigenvalue weighted by Crippen LogP contribution is 2.44. The Bertz CT molecular complexity index is 252. The fourth-order valence-electron chi connectivity index (χ4n) is 4.52. The summed E-state index contributed by atoms with van der Waals surface area (Å²) < 4.78 is 0. The number of hydrogen-bond acceptors (Lipinski definition) is 1. The molecule has 0 saturated heterocycles. The summed E-state index contributed by atoms with van der Waals surface area (Å²) in [6.07, 6.45) is 16.4. The van der Waals surface area contributed by atoms with Crippen LogP contribution in [0.25, 0.3) is 0 Å². The van der Waals surface area contributed by atoms with Crippen molar-refractivity contribution in [1.29, 1.82) is 0 Å². The molecular weight excluding hydrogens is 218 g/mol. The monoisotopic (exact) mass is 249 g/mol. The van der Waals surface area contributed by atoms with Crippen molar-refractivity contribution in [3.63, 3.8) is 0 Å². The zero-order chi connectivity index (χ0) is 12.4. The Balaban J connectivity index is 1.45. The first-order valence-electron chi connectivity index (χ1n) is 8.59. The van der Waals surface area contributed by atoms with Crippen LogP contribution < -0.4 is 5.32 Å². The summed E-state index contributed by atoms with van der Waals surface area (Å²) in [6.45, 7) is 2.46. The first-order chi connectivity index (χ1) is 8.83. The molecular formula is C17H31N. The molecule has 0 aromatic carbocycles. The van der Waals surface area contributed by atoms with Crippen LogP contribution in [0.3, 0.4) is 0 Å². The van der Waals surface area contributed by atoms with Gasteiger partial charge in [0.2, 0.25) is 0 Å². The van der Waals surface area contributed by atoms with Gasteiger partial charge in [0.25, 0.3) is 0 Å². The van der Waals surface area contributed by atoms with Crippen LogP contribution in [0.15, 0.2) is 0 Å². The van der Waals surface area contributed by atoms with Gasteiger partial charge in [-0.05, 0) is 63.2 Å². The Labute approximate surface area is 113 Å². The molecule has 1 nitrogen and oxygen atoms in total. The van der Waals surface area contributed by atoms with Crippen molar-refractivity contribution >= 4 is 0 Å². The van der Waals surface area contributed by atoms with Gasteiger partial charge in [-0.1, -0.05) is 32.1 Å². The van der Waals surface area contributed by atoms with Gasteiger partial charge in [-0.2, -0.15) is 0 Å². The third-order valence-electron chi connectivity index (χ3n) is 5.86. The molecule has 0 amide bonds. The molecule has 0 radical (unpaired) electrons. The molecule has 104 valence electrons. The Hall–Kier alpha value is -0.0400. The maximum Gasteiger partial charge on any atom is 0.00723 e. The molecule has 0 aromatic heterocycles. The van der Waals surface area contributed by atoms with Crippen molar-refractivity contribution in [2.45, 2.75) is 89.6 Å². The van der Waals surface area contributed by atoms with Crippen molar-refractivity contribution in [1.82, 2.24) is 5.32 Å². The first kappa shape index (κ1) is 13.0. The zero-order valence-corrected chi connectivity index (χ0v) is 12.2. The maximum atomic E-state index is 4.00. The van der Waals surface area contributed by atoms with E-state index in [2.05, 4.69) is 12.2 Å². The van der Waals surface area contributed by atoms with Crippen LogP contribution in [0, 0.1) is 17.8 Å². The van der Waals surface area contributed by atoms with Gasteiger partial charge in [0, 0.05) is 12.1 Å². The molecule has 0 spiro atoms. The lowest BCUT2D eigenvalue weighted by atomic mass is 9.80. The normalized spacial score (nSPS) is 36.5. The standard InChI is InChI=1S/C17H31N/c1-13(14-6-3-2-4-7-14)18-17-9-5-8-16(12-17)15-10-11-15/h13-18H,2-12H2,1H3/t13-,16?,17?/m1/s1. The molecule has 3 aliphatic rings. The van der Waals surface area contributed by atoms with Crippen LogP contribution in [0.1, 0.15) is 77.6 Å². The Morgan fingerprint density at radius 1 is 0.778 bits per heavy atom. The average molecular weight is 249 g/mol. The van der Waals surface area contributed by atoms with E-state index in [-0.39, 0.29) is 0 Å². The van der Waals surface area contributed by atoms with Crippen LogP contribution in [-0.4, -0.2) is 12.1 Å². The number of hydrogen-bond donors (Lipinski definition) is 1. The van der Waals surface area contributed by atoms with Gasteiger partial charge in [0.15, 0.2) is 0 Å². The highest BCUT2D eigenvalue weighted by Gasteiger charge is 2.35. The molecule has 1 N–H and O–H groups in total. The Kier molecular flexibility index (Phi) is 4.28. The predicted octanol–water partition coefficient (Wildman–Crippen LogP) is 4.51. The average Bonchev–Trinajstić information content (AvgIpc) is 3.24. The van der Waals surface area contributed by atoms with E-state index in [4.69, 9.17) is 0 Å². The van der Waals surface area contributed by atoms with E-state index in [0.717, 1.165) is 29.8 Å². The second-order valence-electron chi connectivity index (χ2n) is 7.31. The minimum absolute atomic E-state index is 0.772. The molecule has 3 fully saturated rings. The predicted molar refractivity (Wildman–Crippen MR) is 77.6 cm³/mol. The summed E-state index contributed by atoms with van der Waals surface area (Å²) in [6, 6.07) is 1.62. The molecule has 3 aliphatic carbocycles. The van der Waals surface area contributed by atoms with E-state index >= 15 is 0 Å². The van der Waals surface area contributed by atoms with Gasteiger partial charge >= 0.3 is 0 Å². The van der Waals surface area contributed by atoms with Gasteiger partial charge in [0.1, 0.15) is 0 Å². The molecule has 0 aliphatic heterocycles. The number of rotatable bonds is 4. The van der Waals surface area contributed by atoms with Crippen molar-refractivity contribution in [3.05, 3.63) is 0 Å². The van der Waals surface area contributed by atoms with Gasteiger partial charge in [0.05, 0.1) is 0 Å². The molecule has 0 aromatic rings. The largest absolute Gasteiger partial charge is 0.311 e. The zero-order valence-electron chi connectivity index (χ0n) is 12.2. The van der Waals surface area contributed by atoms with Crippen molar-refractivity contribution < 1.29 is 0 Å². The second-order valence-corrected chi connectivity index (χ2v) is 7.31. The Morgan fingerprint density at radius 3 is 2.28 bits per heavy atom. The molecule has 2 unspecified atom stereocenters. The summed E-state index contributed by atoms with van der Waals surface area (Å²) in [7, 11) is 0. The molecule has 3 atom stereocenters. The van der Waals surface area contributed by atoms with E-state index in [1.54, 1.807) is 0 Å². The maximum absolute atomic E-state index is 4.00. The molecule has 1 heteroatoms. The van der Waals surface area contributed by atoms with Gasteiger partial charge in [-0.15, -0.1) is 0 Å².